The molecule has 1 aromatic rings. The van der Waals surface area contributed by atoms with E-state index < -0.39 is 9.84 Å². The summed E-state index contributed by atoms with van der Waals surface area (Å²) in [6, 6.07) is 2.09. The molecule has 2 saturated heterocycles. The van der Waals surface area contributed by atoms with Crippen LogP contribution in [-0.4, -0.2) is 79.5 Å². The Morgan fingerprint density at radius 2 is 1.93 bits per heavy atom. The summed E-state index contributed by atoms with van der Waals surface area (Å²) in [5.74, 6) is 2.35. The summed E-state index contributed by atoms with van der Waals surface area (Å²) < 4.78 is 23.3. The van der Waals surface area contributed by atoms with Crippen molar-refractivity contribution in [2.24, 2.45) is 10.9 Å². The highest BCUT2D eigenvalue weighted by Crippen LogP contribution is 2.19. The van der Waals surface area contributed by atoms with Crippen molar-refractivity contribution in [3.8, 4) is 0 Å². The number of anilines is 1. The molecule has 10 heteroatoms. The van der Waals surface area contributed by atoms with Crippen molar-refractivity contribution in [2.45, 2.75) is 26.3 Å². The lowest BCUT2D eigenvalue weighted by molar-refractivity contribution is 0.364. The third-order valence-electron chi connectivity index (χ3n) is 4.66. The van der Waals surface area contributed by atoms with Gasteiger partial charge in [-0.25, -0.2) is 18.4 Å². The van der Waals surface area contributed by atoms with Gasteiger partial charge in [0, 0.05) is 51.2 Å². The molecular formula is C17H29IN6O2S. The van der Waals surface area contributed by atoms with Gasteiger partial charge < -0.3 is 15.1 Å². The third kappa shape index (κ3) is 6.44. The van der Waals surface area contributed by atoms with Gasteiger partial charge in [0.05, 0.1) is 11.5 Å². The van der Waals surface area contributed by atoms with Crippen molar-refractivity contribution < 1.29 is 8.42 Å². The van der Waals surface area contributed by atoms with Crippen molar-refractivity contribution in [3.05, 3.63) is 18.5 Å². The summed E-state index contributed by atoms with van der Waals surface area (Å²) in [6.07, 6.45) is 4.25. The molecule has 0 saturated carbocycles. The molecular weight excluding hydrogens is 479 g/mol. The number of halogens is 1. The van der Waals surface area contributed by atoms with Gasteiger partial charge in [-0.3, -0.25) is 4.99 Å². The van der Waals surface area contributed by atoms with Crippen LogP contribution in [0, 0.1) is 5.92 Å². The van der Waals surface area contributed by atoms with Gasteiger partial charge in [0.2, 0.25) is 5.95 Å². The molecule has 1 aromatic heterocycles. The van der Waals surface area contributed by atoms with Gasteiger partial charge in [-0.15, -0.1) is 24.0 Å². The Hall–Kier alpha value is -1.17. The van der Waals surface area contributed by atoms with Crippen LogP contribution in [0.1, 0.15) is 20.3 Å². The second-order valence-corrected chi connectivity index (χ2v) is 9.48. The van der Waals surface area contributed by atoms with Gasteiger partial charge in [-0.1, -0.05) is 0 Å². The molecule has 0 spiro atoms. The fourth-order valence-corrected chi connectivity index (χ4v) is 5.15. The molecule has 2 aliphatic heterocycles. The maximum atomic E-state index is 11.6. The van der Waals surface area contributed by atoms with E-state index in [4.69, 9.17) is 4.99 Å². The lowest BCUT2D eigenvalue weighted by Gasteiger charge is -2.37. The molecule has 1 unspecified atom stereocenters. The van der Waals surface area contributed by atoms with Crippen molar-refractivity contribution in [1.82, 2.24) is 20.2 Å². The van der Waals surface area contributed by atoms with E-state index in [0.29, 0.717) is 12.3 Å². The van der Waals surface area contributed by atoms with Crippen LogP contribution in [0.3, 0.4) is 0 Å². The van der Waals surface area contributed by atoms with E-state index in [1.807, 2.05) is 6.07 Å². The van der Waals surface area contributed by atoms with Crippen LogP contribution in [0.4, 0.5) is 5.95 Å². The van der Waals surface area contributed by atoms with E-state index in [1.54, 1.807) is 12.4 Å². The van der Waals surface area contributed by atoms with Gasteiger partial charge in [0.1, 0.15) is 0 Å². The van der Waals surface area contributed by atoms with Crippen LogP contribution >= 0.6 is 24.0 Å². The van der Waals surface area contributed by atoms with Crippen LogP contribution in [0.15, 0.2) is 23.5 Å². The van der Waals surface area contributed by atoms with Crippen molar-refractivity contribution >= 4 is 45.7 Å². The zero-order valence-corrected chi connectivity index (χ0v) is 19.1. The third-order valence-corrected chi connectivity index (χ3v) is 6.49. The molecule has 152 valence electrons. The number of hydrogen-bond donors (Lipinski definition) is 1. The van der Waals surface area contributed by atoms with Gasteiger partial charge in [0.25, 0.3) is 0 Å². The smallest absolute Gasteiger partial charge is 0.225 e. The first-order chi connectivity index (χ1) is 12.4. The highest BCUT2D eigenvalue weighted by atomic mass is 127. The van der Waals surface area contributed by atoms with E-state index >= 15 is 0 Å². The first-order valence-corrected chi connectivity index (χ1v) is 11.0. The number of nitrogens with one attached hydrogen (secondary N) is 1. The maximum Gasteiger partial charge on any atom is 0.225 e. The molecule has 8 nitrogen and oxygen atoms in total. The van der Waals surface area contributed by atoms with Gasteiger partial charge >= 0.3 is 0 Å². The number of nitrogens with zero attached hydrogens (tertiary/aromatic N) is 5. The van der Waals surface area contributed by atoms with Crippen molar-refractivity contribution in [1.29, 1.82) is 0 Å². The van der Waals surface area contributed by atoms with Gasteiger partial charge in [-0.05, 0) is 32.3 Å². The minimum atomic E-state index is -2.85. The molecule has 3 rings (SSSR count). The van der Waals surface area contributed by atoms with Crippen molar-refractivity contribution in [3.63, 3.8) is 0 Å². The Morgan fingerprint density at radius 1 is 1.26 bits per heavy atom. The topological polar surface area (TPSA) is 90.8 Å². The maximum absolute atomic E-state index is 11.6. The number of guanidine groups is 1. The molecule has 0 aliphatic carbocycles. The predicted molar refractivity (Wildman–Crippen MR) is 119 cm³/mol. The Labute approximate surface area is 178 Å². The molecule has 1 atom stereocenters. The number of aromatic nitrogens is 2. The standard InChI is InChI=1S/C17H28N6O2S.HI/c1-14(2)21-17(20-12-15-4-11-26(24,25)13-15)23-9-7-22(8-10-23)16-18-5-3-6-19-16;/h3,5-6,14-15H,4,7-13H2,1-2H3,(H,20,21);1H. The van der Waals surface area contributed by atoms with E-state index in [1.165, 1.54) is 0 Å². The molecule has 2 fully saturated rings. The van der Waals surface area contributed by atoms with E-state index in [0.717, 1.165) is 44.5 Å². The molecule has 0 amide bonds. The quantitative estimate of drug-likeness (QED) is 0.369. The van der Waals surface area contributed by atoms with Crippen LogP contribution in [0.25, 0.3) is 0 Å². The molecule has 0 bridgehead atoms. The first-order valence-electron chi connectivity index (χ1n) is 9.21. The molecule has 1 N–H and O–H groups in total. The Balaban J connectivity index is 0.00000261. The Kier molecular flexibility index (Phi) is 8.07. The van der Waals surface area contributed by atoms with E-state index in [2.05, 4.69) is 38.9 Å². The minimum Gasteiger partial charge on any atom is -0.354 e. The molecule has 3 heterocycles. The highest BCUT2D eigenvalue weighted by molar-refractivity contribution is 14.0. The normalized spacial score (nSPS) is 22.6. The highest BCUT2D eigenvalue weighted by Gasteiger charge is 2.28. The second-order valence-electron chi connectivity index (χ2n) is 7.26. The summed E-state index contributed by atoms with van der Waals surface area (Å²) >= 11 is 0. The molecule has 27 heavy (non-hydrogen) atoms. The first kappa shape index (κ1) is 22.1. The zero-order valence-electron chi connectivity index (χ0n) is 15.9. The summed E-state index contributed by atoms with van der Waals surface area (Å²) in [6.45, 7) is 8.07. The van der Waals surface area contributed by atoms with Crippen LogP contribution in [-0.2, 0) is 9.84 Å². The molecule has 0 aromatic carbocycles. The summed E-state index contributed by atoms with van der Waals surface area (Å²) in [5.41, 5.74) is 0. The fourth-order valence-electron chi connectivity index (χ4n) is 3.30. The number of hydrogen-bond acceptors (Lipinski definition) is 6. The van der Waals surface area contributed by atoms with Crippen LogP contribution in [0.5, 0.6) is 0 Å². The van der Waals surface area contributed by atoms with E-state index in [9.17, 15) is 8.42 Å². The predicted octanol–water partition coefficient (Wildman–Crippen LogP) is 1.01. The van der Waals surface area contributed by atoms with Gasteiger partial charge in [-0.2, -0.15) is 0 Å². The van der Waals surface area contributed by atoms with Gasteiger partial charge in [0.15, 0.2) is 15.8 Å². The Morgan fingerprint density at radius 3 is 2.48 bits per heavy atom. The summed E-state index contributed by atoms with van der Waals surface area (Å²) in [4.78, 5) is 17.8. The summed E-state index contributed by atoms with van der Waals surface area (Å²) in [5, 5.41) is 3.43. The van der Waals surface area contributed by atoms with Crippen LogP contribution < -0.4 is 10.2 Å². The monoisotopic (exact) mass is 508 g/mol. The SMILES string of the molecule is CC(C)NC(=NCC1CCS(=O)(=O)C1)N1CCN(c2ncccn2)CC1.I. The van der Waals surface area contributed by atoms with Crippen molar-refractivity contribution in [2.75, 3.05) is 49.1 Å². The Bertz CT molecular complexity index is 720. The minimum absolute atomic E-state index is 0. The second kappa shape index (κ2) is 9.85. The number of rotatable bonds is 4. The largest absolute Gasteiger partial charge is 0.354 e. The van der Waals surface area contributed by atoms with E-state index in [-0.39, 0.29) is 41.7 Å². The molecule has 2 aliphatic rings. The number of sulfone groups is 1. The average molecular weight is 508 g/mol. The lowest BCUT2D eigenvalue weighted by atomic mass is 10.1. The summed E-state index contributed by atoms with van der Waals surface area (Å²) in [7, 11) is -2.85. The fraction of sp³-hybridized carbons (Fsp3) is 0.706. The number of aliphatic imine (C=N–C) groups is 1. The zero-order chi connectivity index (χ0) is 18.6. The lowest BCUT2D eigenvalue weighted by Crippen LogP contribution is -2.54. The molecule has 0 radical (unpaired) electrons. The average Bonchev–Trinajstić information content (AvgIpc) is 2.98. The van der Waals surface area contributed by atoms with Crippen LogP contribution in [0.2, 0.25) is 0 Å². The number of piperazine rings is 1.